The summed E-state index contributed by atoms with van der Waals surface area (Å²) in [5.74, 6) is -0.783. The molecule has 2 aliphatic rings. The van der Waals surface area contributed by atoms with E-state index in [-0.39, 0.29) is 12.5 Å². The summed E-state index contributed by atoms with van der Waals surface area (Å²) < 4.78 is 0. The summed E-state index contributed by atoms with van der Waals surface area (Å²) in [7, 11) is 0. The summed E-state index contributed by atoms with van der Waals surface area (Å²) in [6.07, 6.45) is 4.10. The average molecular weight is 326 g/mol. The Hall–Kier alpha value is -2.88. The molecule has 1 aromatic rings. The second-order valence-corrected chi connectivity index (χ2v) is 6.21. The monoisotopic (exact) mass is 326 g/mol. The van der Waals surface area contributed by atoms with E-state index in [1.165, 1.54) is 6.07 Å². The summed E-state index contributed by atoms with van der Waals surface area (Å²) >= 11 is 0. The van der Waals surface area contributed by atoms with Crippen molar-refractivity contribution in [1.82, 2.24) is 10.2 Å². The van der Waals surface area contributed by atoms with Crippen LogP contribution < -0.4 is 10.6 Å². The molecule has 0 atom stereocenters. The molecule has 24 heavy (non-hydrogen) atoms. The number of hydrogen-bond donors (Lipinski definition) is 2. The van der Waals surface area contributed by atoms with Crippen LogP contribution in [0.15, 0.2) is 24.3 Å². The highest BCUT2D eigenvalue weighted by Crippen LogP contribution is 2.33. The van der Waals surface area contributed by atoms with E-state index in [1.54, 1.807) is 18.2 Å². The molecule has 7 heteroatoms. The van der Waals surface area contributed by atoms with Crippen LogP contribution in [0, 0.1) is 11.3 Å². The second-order valence-electron chi connectivity index (χ2n) is 6.21. The smallest absolute Gasteiger partial charge is 0.324 e. The molecular weight excluding hydrogens is 308 g/mol. The van der Waals surface area contributed by atoms with Crippen molar-refractivity contribution in [3.63, 3.8) is 0 Å². The molecule has 0 radical (unpaired) electrons. The van der Waals surface area contributed by atoms with Crippen LogP contribution >= 0.6 is 0 Å². The van der Waals surface area contributed by atoms with Crippen LogP contribution in [0.5, 0.6) is 0 Å². The molecule has 2 fully saturated rings. The number of amides is 4. The molecule has 0 bridgehead atoms. The van der Waals surface area contributed by atoms with Gasteiger partial charge in [-0.1, -0.05) is 25.3 Å². The molecule has 124 valence electrons. The third-order valence-corrected chi connectivity index (χ3v) is 4.53. The first-order valence-electron chi connectivity index (χ1n) is 7.98. The summed E-state index contributed by atoms with van der Waals surface area (Å²) in [4.78, 5) is 37.9. The van der Waals surface area contributed by atoms with Gasteiger partial charge in [0.05, 0.1) is 11.6 Å². The number of nitrogens with zero attached hydrogens (tertiary/aromatic N) is 2. The number of imide groups is 1. The van der Waals surface area contributed by atoms with E-state index in [0.29, 0.717) is 24.1 Å². The van der Waals surface area contributed by atoms with Gasteiger partial charge in [0.25, 0.3) is 5.91 Å². The molecule has 1 heterocycles. The highest BCUT2D eigenvalue weighted by molar-refractivity contribution is 6.10. The summed E-state index contributed by atoms with van der Waals surface area (Å²) in [5, 5.41) is 14.3. The zero-order valence-electron chi connectivity index (χ0n) is 13.2. The molecule has 1 spiro atoms. The largest absolute Gasteiger partial charge is 0.325 e. The first-order chi connectivity index (χ1) is 11.5. The Bertz CT molecular complexity index is 732. The molecule has 0 aromatic heterocycles. The van der Waals surface area contributed by atoms with E-state index in [1.807, 2.05) is 6.07 Å². The van der Waals surface area contributed by atoms with E-state index >= 15 is 0 Å². The average Bonchev–Trinajstić information content (AvgIpc) is 2.80. The normalized spacial score (nSPS) is 19.0. The van der Waals surface area contributed by atoms with Gasteiger partial charge in [0, 0.05) is 5.69 Å². The zero-order valence-corrected chi connectivity index (χ0v) is 13.2. The highest BCUT2D eigenvalue weighted by atomic mass is 16.2. The van der Waals surface area contributed by atoms with Gasteiger partial charge >= 0.3 is 6.03 Å². The van der Waals surface area contributed by atoms with Crippen molar-refractivity contribution in [1.29, 1.82) is 5.26 Å². The minimum atomic E-state index is -0.823. The molecule has 2 N–H and O–H groups in total. The maximum absolute atomic E-state index is 12.6. The summed E-state index contributed by atoms with van der Waals surface area (Å²) in [5.41, 5.74) is 0.0542. The Balaban J connectivity index is 1.67. The maximum Gasteiger partial charge on any atom is 0.325 e. The van der Waals surface area contributed by atoms with Gasteiger partial charge in [-0.15, -0.1) is 0 Å². The molecule has 0 unspecified atom stereocenters. The quantitative estimate of drug-likeness (QED) is 0.826. The summed E-state index contributed by atoms with van der Waals surface area (Å²) in [6.45, 7) is -0.330. The Morgan fingerprint density at radius 1 is 1.29 bits per heavy atom. The molecule has 1 aliphatic heterocycles. The molecular formula is C17H18N4O3. The van der Waals surface area contributed by atoms with Crippen molar-refractivity contribution in [2.75, 3.05) is 11.9 Å². The molecule has 4 amide bonds. The lowest BCUT2D eigenvalue weighted by Gasteiger charge is -2.30. The van der Waals surface area contributed by atoms with E-state index < -0.39 is 17.5 Å². The lowest BCUT2D eigenvalue weighted by molar-refractivity contribution is -0.134. The Morgan fingerprint density at radius 3 is 2.75 bits per heavy atom. The van der Waals surface area contributed by atoms with Gasteiger partial charge in [0.1, 0.15) is 12.1 Å². The fourth-order valence-electron chi connectivity index (χ4n) is 3.32. The molecule has 7 nitrogen and oxygen atoms in total. The summed E-state index contributed by atoms with van der Waals surface area (Å²) in [6, 6.07) is 7.93. The van der Waals surface area contributed by atoms with Gasteiger partial charge in [0.15, 0.2) is 0 Å². The number of anilines is 1. The molecule has 3 rings (SSSR count). The van der Waals surface area contributed by atoms with Crippen molar-refractivity contribution < 1.29 is 14.4 Å². The number of hydrogen-bond acceptors (Lipinski definition) is 4. The first kappa shape index (κ1) is 16.0. The van der Waals surface area contributed by atoms with E-state index in [0.717, 1.165) is 24.2 Å². The maximum atomic E-state index is 12.6. The van der Waals surface area contributed by atoms with Crippen LogP contribution in [0.25, 0.3) is 0 Å². The van der Waals surface area contributed by atoms with Crippen molar-refractivity contribution in [3.05, 3.63) is 29.8 Å². The van der Waals surface area contributed by atoms with Crippen LogP contribution in [0.2, 0.25) is 0 Å². The van der Waals surface area contributed by atoms with Crippen LogP contribution in [-0.2, 0) is 9.59 Å². The lowest BCUT2D eigenvalue weighted by Crippen LogP contribution is -2.48. The third kappa shape index (κ3) is 2.95. The first-order valence-corrected chi connectivity index (χ1v) is 7.98. The Morgan fingerprint density at radius 2 is 2.04 bits per heavy atom. The molecule has 1 aromatic carbocycles. The van der Waals surface area contributed by atoms with Gasteiger partial charge in [-0.05, 0) is 31.0 Å². The van der Waals surface area contributed by atoms with Crippen molar-refractivity contribution in [2.45, 2.75) is 37.6 Å². The standard InChI is InChI=1S/C17H18N4O3/c18-10-12-5-4-6-13(9-12)19-14(22)11-21-15(23)17(20-16(21)24)7-2-1-3-8-17/h4-6,9H,1-3,7-8,11H2,(H,19,22)(H,20,24). The van der Waals surface area contributed by atoms with Crippen molar-refractivity contribution in [2.24, 2.45) is 0 Å². The van der Waals surface area contributed by atoms with Crippen LogP contribution in [0.4, 0.5) is 10.5 Å². The number of carbonyl (C=O) groups is 3. The minimum Gasteiger partial charge on any atom is -0.324 e. The number of nitriles is 1. The van der Waals surface area contributed by atoms with Gasteiger partial charge in [0.2, 0.25) is 5.91 Å². The van der Waals surface area contributed by atoms with E-state index in [9.17, 15) is 14.4 Å². The van der Waals surface area contributed by atoms with Crippen LogP contribution in [0.1, 0.15) is 37.7 Å². The number of urea groups is 1. The molecule has 1 aliphatic carbocycles. The predicted molar refractivity (Wildman–Crippen MR) is 85.8 cm³/mol. The Labute approximate surface area is 139 Å². The number of benzene rings is 1. The fraction of sp³-hybridized carbons (Fsp3) is 0.412. The van der Waals surface area contributed by atoms with Gasteiger partial charge in [-0.2, -0.15) is 5.26 Å². The molecule has 1 saturated carbocycles. The van der Waals surface area contributed by atoms with Gasteiger partial charge in [-0.3, -0.25) is 14.5 Å². The van der Waals surface area contributed by atoms with Gasteiger partial charge in [-0.25, -0.2) is 4.79 Å². The predicted octanol–water partition coefficient (Wildman–Crippen LogP) is 1.75. The Kier molecular flexibility index (Phi) is 4.21. The SMILES string of the molecule is N#Cc1cccc(NC(=O)CN2C(=O)NC3(CCCCC3)C2=O)c1. The van der Waals surface area contributed by atoms with Crippen LogP contribution in [0.3, 0.4) is 0 Å². The number of nitrogens with one attached hydrogen (secondary N) is 2. The van der Waals surface area contributed by atoms with E-state index in [4.69, 9.17) is 5.26 Å². The number of rotatable bonds is 3. The van der Waals surface area contributed by atoms with Crippen molar-refractivity contribution >= 4 is 23.5 Å². The lowest BCUT2D eigenvalue weighted by atomic mass is 9.82. The van der Waals surface area contributed by atoms with Gasteiger partial charge < -0.3 is 10.6 Å². The topological polar surface area (TPSA) is 102 Å². The van der Waals surface area contributed by atoms with Crippen LogP contribution in [-0.4, -0.2) is 34.8 Å². The highest BCUT2D eigenvalue weighted by Gasteiger charge is 2.51. The molecule has 1 saturated heterocycles. The number of carbonyl (C=O) groups excluding carboxylic acids is 3. The second kappa shape index (κ2) is 6.32. The van der Waals surface area contributed by atoms with E-state index in [2.05, 4.69) is 10.6 Å². The third-order valence-electron chi connectivity index (χ3n) is 4.53. The fourth-order valence-corrected chi connectivity index (χ4v) is 3.32. The zero-order chi connectivity index (χ0) is 17.2. The van der Waals surface area contributed by atoms with Crippen molar-refractivity contribution in [3.8, 4) is 6.07 Å². The minimum absolute atomic E-state index is 0.312.